The van der Waals surface area contributed by atoms with Gasteiger partial charge >= 0.3 is 0 Å². The molecule has 4 rings (SSSR count). The molecule has 1 aromatic rings. The Morgan fingerprint density at radius 3 is 2.74 bits per heavy atom. The predicted octanol–water partition coefficient (Wildman–Crippen LogP) is 2.56. The van der Waals surface area contributed by atoms with Crippen molar-refractivity contribution in [1.82, 2.24) is 9.80 Å². The third kappa shape index (κ3) is 4.46. The van der Waals surface area contributed by atoms with Gasteiger partial charge in [-0.05, 0) is 12.1 Å². The molecule has 3 aliphatic rings. The van der Waals surface area contributed by atoms with Gasteiger partial charge in [0.05, 0.1) is 31.4 Å². The molecule has 0 bridgehead atoms. The third-order valence-corrected chi connectivity index (χ3v) is 6.55. The van der Waals surface area contributed by atoms with E-state index in [0.717, 1.165) is 38.4 Å². The van der Waals surface area contributed by atoms with E-state index >= 15 is 0 Å². The Morgan fingerprint density at radius 2 is 1.89 bits per heavy atom. The first kappa shape index (κ1) is 18.7. The fourth-order valence-corrected chi connectivity index (χ4v) is 4.98. The number of rotatable bonds is 5. The lowest BCUT2D eigenvalue weighted by molar-refractivity contribution is 0.0649. The topological polar surface area (TPSA) is 48.3 Å². The number of fused-ring (bicyclic) bond motifs is 2. The van der Waals surface area contributed by atoms with Crippen molar-refractivity contribution >= 4 is 23.3 Å². The molecule has 0 spiro atoms. The Balaban J connectivity index is 1.46. The fraction of sp³-hybridized carbons (Fsp3) is 0.476. The van der Waals surface area contributed by atoms with Crippen molar-refractivity contribution in [2.75, 3.05) is 52.5 Å². The molecule has 1 fully saturated rings. The van der Waals surface area contributed by atoms with E-state index in [1.165, 1.54) is 10.7 Å². The highest BCUT2D eigenvalue weighted by Crippen LogP contribution is 2.41. The number of aliphatic hydroxyl groups is 1. The molecule has 1 N–H and O–H groups in total. The molecule has 1 saturated heterocycles. The first-order valence-electron chi connectivity index (χ1n) is 9.70. The van der Waals surface area contributed by atoms with Gasteiger partial charge in [0.2, 0.25) is 0 Å². The van der Waals surface area contributed by atoms with Crippen LogP contribution < -0.4 is 0 Å². The fourth-order valence-electron chi connectivity index (χ4n) is 3.77. The second-order valence-corrected chi connectivity index (χ2v) is 8.20. The van der Waals surface area contributed by atoms with Gasteiger partial charge < -0.3 is 14.7 Å². The molecule has 2 atom stereocenters. The first-order valence-corrected chi connectivity index (χ1v) is 10.6. The maximum atomic E-state index is 8.80. The Bertz CT molecular complexity index is 726. The van der Waals surface area contributed by atoms with Crippen molar-refractivity contribution in [3.8, 4) is 0 Å². The number of nitrogens with zero attached hydrogens (tertiary/aromatic N) is 3. The summed E-state index contributed by atoms with van der Waals surface area (Å²) in [7, 11) is 0. The molecular formula is C21H27N3O2S. The molecule has 1 aliphatic carbocycles. The zero-order valence-electron chi connectivity index (χ0n) is 15.5. The van der Waals surface area contributed by atoms with Crippen LogP contribution in [0.25, 0.3) is 0 Å². The van der Waals surface area contributed by atoms with Crippen LogP contribution in [0.3, 0.4) is 0 Å². The molecule has 1 aromatic carbocycles. The summed E-state index contributed by atoms with van der Waals surface area (Å²) in [5.74, 6) is 1.53. The van der Waals surface area contributed by atoms with Gasteiger partial charge in [-0.1, -0.05) is 36.4 Å². The summed E-state index contributed by atoms with van der Waals surface area (Å²) >= 11 is 1.92. The largest absolute Gasteiger partial charge is 0.394 e. The third-order valence-electron chi connectivity index (χ3n) is 5.23. The quantitative estimate of drug-likeness (QED) is 0.790. The zero-order chi connectivity index (χ0) is 18.5. The van der Waals surface area contributed by atoms with Crippen LogP contribution in [-0.4, -0.2) is 78.5 Å². The molecule has 144 valence electrons. The van der Waals surface area contributed by atoms with E-state index in [0.29, 0.717) is 24.4 Å². The lowest BCUT2D eigenvalue weighted by Gasteiger charge is -2.39. The molecule has 0 radical (unpaired) electrons. The van der Waals surface area contributed by atoms with E-state index in [1.54, 1.807) is 0 Å². The molecule has 0 saturated carbocycles. The van der Waals surface area contributed by atoms with E-state index < -0.39 is 0 Å². The second-order valence-electron chi connectivity index (χ2n) is 6.98. The predicted molar refractivity (Wildman–Crippen MR) is 111 cm³/mol. The number of amidine groups is 1. The van der Waals surface area contributed by atoms with E-state index in [4.69, 9.17) is 14.8 Å². The Labute approximate surface area is 165 Å². The van der Waals surface area contributed by atoms with E-state index in [2.05, 4.69) is 58.4 Å². The second kappa shape index (κ2) is 9.06. The van der Waals surface area contributed by atoms with Crippen LogP contribution in [0, 0.1) is 5.92 Å². The Morgan fingerprint density at radius 1 is 1.07 bits per heavy atom. The minimum Gasteiger partial charge on any atom is -0.394 e. The van der Waals surface area contributed by atoms with Gasteiger partial charge in [-0.25, -0.2) is 4.99 Å². The van der Waals surface area contributed by atoms with Crippen LogP contribution in [0.1, 0.15) is 0 Å². The molecule has 5 nitrogen and oxygen atoms in total. The number of allylic oxidation sites excluding steroid dienone is 2. The molecule has 0 aromatic heterocycles. The molecule has 2 aliphatic heterocycles. The maximum Gasteiger partial charge on any atom is 0.113 e. The minimum absolute atomic E-state index is 0.0948. The van der Waals surface area contributed by atoms with E-state index in [9.17, 15) is 0 Å². The van der Waals surface area contributed by atoms with Gasteiger partial charge in [-0.15, -0.1) is 11.8 Å². The standard InChI is InChI=1S/C21H27N3O2S/c25-14-16-26-15-13-23-9-11-24(12-10-23)21-17-5-1-3-7-19(17)27-20-8-4-2-6-18(20)22-21/h1-8,17,19,25H,9-16H2. The number of aliphatic hydroxyl groups excluding tert-OH is 1. The van der Waals surface area contributed by atoms with Crippen LogP contribution in [0.2, 0.25) is 0 Å². The van der Waals surface area contributed by atoms with Crippen molar-refractivity contribution in [1.29, 1.82) is 0 Å². The summed E-state index contributed by atoms with van der Waals surface area (Å²) in [4.78, 5) is 11.3. The lowest BCUT2D eigenvalue weighted by Crippen LogP contribution is -2.51. The molecule has 2 unspecified atom stereocenters. The number of benzene rings is 1. The summed E-state index contributed by atoms with van der Waals surface area (Å²) in [6.45, 7) is 6.16. The number of ether oxygens (including phenoxy) is 1. The van der Waals surface area contributed by atoms with E-state index in [1.807, 2.05) is 11.8 Å². The molecule has 0 amide bonds. The van der Waals surface area contributed by atoms with Crippen molar-refractivity contribution in [3.63, 3.8) is 0 Å². The number of para-hydroxylation sites is 1. The van der Waals surface area contributed by atoms with Crippen molar-refractivity contribution < 1.29 is 9.84 Å². The summed E-state index contributed by atoms with van der Waals surface area (Å²) in [5.41, 5.74) is 1.09. The molecular weight excluding hydrogens is 358 g/mol. The summed E-state index contributed by atoms with van der Waals surface area (Å²) in [6, 6.07) is 8.48. The summed E-state index contributed by atoms with van der Waals surface area (Å²) in [6.07, 6.45) is 8.92. The van der Waals surface area contributed by atoms with Gasteiger partial charge in [0.15, 0.2) is 0 Å². The van der Waals surface area contributed by atoms with Crippen LogP contribution in [0.4, 0.5) is 5.69 Å². The van der Waals surface area contributed by atoms with Crippen LogP contribution in [0.15, 0.2) is 58.5 Å². The molecule has 27 heavy (non-hydrogen) atoms. The first-order chi connectivity index (χ1) is 13.3. The number of hydrogen-bond acceptors (Lipinski definition) is 6. The average Bonchev–Trinajstić information content (AvgIpc) is 2.88. The SMILES string of the molecule is OCCOCCN1CCN(C2=Nc3ccccc3SC3C=CC=CC23)CC1. The highest BCUT2D eigenvalue weighted by atomic mass is 32.2. The number of thioether (sulfide) groups is 1. The smallest absolute Gasteiger partial charge is 0.113 e. The highest BCUT2D eigenvalue weighted by Gasteiger charge is 2.32. The van der Waals surface area contributed by atoms with Crippen LogP contribution >= 0.6 is 11.8 Å². The monoisotopic (exact) mass is 385 g/mol. The van der Waals surface area contributed by atoms with Crippen LogP contribution in [-0.2, 0) is 4.74 Å². The van der Waals surface area contributed by atoms with Crippen molar-refractivity contribution in [3.05, 3.63) is 48.6 Å². The van der Waals surface area contributed by atoms with Gasteiger partial charge in [0.25, 0.3) is 0 Å². The molecule has 2 heterocycles. The zero-order valence-corrected chi connectivity index (χ0v) is 16.4. The highest BCUT2D eigenvalue weighted by molar-refractivity contribution is 8.00. The minimum atomic E-state index is 0.0948. The van der Waals surface area contributed by atoms with E-state index in [-0.39, 0.29) is 6.61 Å². The average molecular weight is 386 g/mol. The van der Waals surface area contributed by atoms with Gasteiger partial charge in [0.1, 0.15) is 5.84 Å². The Kier molecular flexibility index (Phi) is 6.29. The van der Waals surface area contributed by atoms with Gasteiger partial charge in [0, 0.05) is 42.9 Å². The number of aliphatic imine (C=N–C) groups is 1. The van der Waals surface area contributed by atoms with Crippen LogP contribution in [0.5, 0.6) is 0 Å². The Hall–Kier alpha value is -1.60. The number of piperazine rings is 1. The van der Waals surface area contributed by atoms with Gasteiger partial charge in [-0.3, -0.25) is 4.90 Å². The molecule has 6 heteroatoms. The summed E-state index contributed by atoms with van der Waals surface area (Å²) < 4.78 is 5.41. The number of hydrogen-bond donors (Lipinski definition) is 1. The lowest BCUT2D eigenvalue weighted by atomic mass is 9.97. The van der Waals surface area contributed by atoms with Gasteiger partial charge in [-0.2, -0.15) is 0 Å². The summed E-state index contributed by atoms with van der Waals surface area (Å²) in [5, 5.41) is 9.20. The van der Waals surface area contributed by atoms with Crippen molar-refractivity contribution in [2.24, 2.45) is 10.9 Å². The van der Waals surface area contributed by atoms with Crippen molar-refractivity contribution in [2.45, 2.75) is 10.1 Å². The maximum absolute atomic E-state index is 8.80. The normalized spacial score (nSPS) is 24.9.